The number of unbranched alkanes of at least 4 members (excludes halogenated alkanes) is 1. The average molecular weight is 337 g/mol. The minimum Gasteiger partial charge on any atom is -0.379 e. The highest BCUT2D eigenvalue weighted by Gasteiger charge is 2.32. The van der Waals surface area contributed by atoms with E-state index in [1.165, 1.54) is 0 Å². The zero-order valence-electron chi connectivity index (χ0n) is 13.0. The zero-order valence-corrected chi connectivity index (χ0v) is 14.6. The fraction of sp³-hybridized carbons (Fsp3) is 1.00. The second-order valence-electron chi connectivity index (χ2n) is 5.78. The van der Waals surface area contributed by atoms with E-state index in [4.69, 9.17) is 4.74 Å². The van der Waals surface area contributed by atoms with Crippen LogP contribution in [0.1, 0.15) is 26.2 Å². The number of hydrogen-bond donors (Lipinski definition) is 0. The van der Waals surface area contributed by atoms with Crippen LogP contribution in [0, 0.1) is 0 Å². The molecule has 2 aliphatic rings. The van der Waals surface area contributed by atoms with Crippen LogP contribution in [0.2, 0.25) is 0 Å². The van der Waals surface area contributed by atoms with Crippen LogP contribution in [0.4, 0.5) is 0 Å². The van der Waals surface area contributed by atoms with Gasteiger partial charge in [-0.05, 0) is 18.6 Å². The summed E-state index contributed by atoms with van der Waals surface area (Å²) in [5.74, 6) is 2.29. The van der Waals surface area contributed by atoms with Crippen molar-refractivity contribution in [3.05, 3.63) is 0 Å². The van der Waals surface area contributed by atoms with E-state index in [1.807, 2.05) is 18.7 Å². The minimum absolute atomic E-state index is 0.123. The zero-order chi connectivity index (χ0) is 15.1. The Labute approximate surface area is 133 Å². The molecule has 0 aromatic heterocycles. The molecule has 2 fully saturated rings. The summed E-state index contributed by atoms with van der Waals surface area (Å²) < 4.78 is 32.4. The summed E-state index contributed by atoms with van der Waals surface area (Å²) in [6.45, 7) is 6.95. The topological polar surface area (TPSA) is 49.9 Å². The highest BCUT2D eigenvalue weighted by atomic mass is 32.2. The van der Waals surface area contributed by atoms with Gasteiger partial charge in [0, 0.05) is 38.0 Å². The Morgan fingerprint density at radius 3 is 2.71 bits per heavy atom. The lowest BCUT2D eigenvalue weighted by Crippen LogP contribution is -2.50. The van der Waals surface area contributed by atoms with Crippen molar-refractivity contribution in [3.63, 3.8) is 0 Å². The molecule has 0 aromatic rings. The van der Waals surface area contributed by atoms with E-state index < -0.39 is 10.0 Å². The molecule has 0 aliphatic carbocycles. The third-order valence-electron chi connectivity index (χ3n) is 4.07. The van der Waals surface area contributed by atoms with Crippen molar-refractivity contribution in [2.45, 2.75) is 32.2 Å². The van der Waals surface area contributed by atoms with E-state index in [-0.39, 0.29) is 6.04 Å². The molecule has 2 aliphatic heterocycles. The fourth-order valence-corrected chi connectivity index (χ4v) is 5.89. The van der Waals surface area contributed by atoms with Crippen molar-refractivity contribution >= 4 is 21.8 Å². The van der Waals surface area contributed by atoms with E-state index in [0.29, 0.717) is 12.3 Å². The van der Waals surface area contributed by atoms with Gasteiger partial charge in [-0.1, -0.05) is 13.3 Å². The number of nitrogens with zero attached hydrogens (tertiary/aromatic N) is 2. The van der Waals surface area contributed by atoms with Crippen LogP contribution in [0.5, 0.6) is 0 Å². The third-order valence-corrected chi connectivity index (χ3v) is 7.27. The van der Waals surface area contributed by atoms with E-state index in [9.17, 15) is 8.42 Å². The number of sulfonamides is 1. The molecule has 0 spiro atoms. The summed E-state index contributed by atoms with van der Waals surface area (Å²) in [4.78, 5) is 2.35. The van der Waals surface area contributed by atoms with E-state index >= 15 is 0 Å². The number of hydrogen-bond acceptors (Lipinski definition) is 5. The molecule has 124 valence electrons. The third kappa shape index (κ3) is 5.39. The quantitative estimate of drug-likeness (QED) is 0.731. The van der Waals surface area contributed by atoms with Gasteiger partial charge in [0.25, 0.3) is 0 Å². The van der Waals surface area contributed by atoms with Gasteiger partial charge in [0.2, 0.25) is 10.0 Å². The molecule has 2 rings (SSSR count). The van der Waals surface area contributed by atoms with Gasteiger partial charge in [-0.3, -0.25) is 4.90 Å². The van der Waals surface area contributed by atoms with Gasteiger partial charge in [-0.2, -0.15) is 16.1 Å². The lowest BCUT2D eigenvalue weighted by atomic mass is 10.2. The van der Waals surface area contributed by atoms with Crippen molar-refractivity contribution < 1.29 is 13.2 Å². The fourth-order valence-electron chi connectivity index (χ4n) is 2.84. The summed E-state index contributed by atoms with van der Waals surface area (Å²) in [7, 11) is -3.11. The largest absolute Gasteiger partial charge is 0.379 e. The van der Waals surface area contributed by atoms with E-state index in [0.717, 1.165) is 63.6 Å². The molecule has 2 saturated heterocycles. The lowest BCUT2D eigenvalue weighted by molar-refractivity contribution is 0.0309. The molecule has 7 heteroatoms. The molecule has 5 nitrogen and oxygen atoms in total. The first-order valence-corrected chi connectivity index (χ1v) is 10.8. The molecule has 0 N–H and O–H groups in total. The molecule has 0 amide bonds. The van der Waals surface area contributed by atoms with Crippen LogP contribution in [-0.4, -0.2) is 80.3 Å². The van der Waals surface area contributed by atoms with Crippen LogP contribution < -0.4 is 0 Å². The molecular weight excluding hydrogens is 308 g/mol. The maximum atomic E-state index is 12.6. The van der Waals surface area contributed by atoms with Gasteiger partial charge >= 0.3 is 0 Å². The van der Waals surface area contributed by atoms with E-state index in [1.54, 1.807) is 4.31 Å². The Balaban J connectivity index is 2.02. The monoisotopic (exact) mass is 336 g/mol. The lowest BCUT2D eigenvalue weighted by Gasteiger charge is -2.35. The summed E-state index contributed by atoms with van der Waals surface area (Å²) >= 11 is 1.89. The van der Waals surface area contributed by atoms with Crippen LogP contribution in [0.15, 0.2) is 0 Å². The summed E-state index contributed by atoms with van der Waals surface area (Å²) in [5, 5.41) is 0. The Bertz CT molecular complexity index is 397. The number of rotatable bonds is 6. The first kappa shape index (κ1) is 17.5. The number of thioether (sulfide) groups is 1. The van der Waals surface area contributed by atoms with Gasteiger partial charge in [-0.25, -0.2) is 8.42 Å². The van der Waals surface area contributed by atoms with Crippen LogP contribution >= 0.6 is 11.8 Å². The molecule has 1 unspecified atom stereocenters. The standard InChI is InChI=1S/C14H28N2O3S2/c1-2-3-11-21(17,18)16-5-4-10-20-13-14(16)12-15-6-8-19-9-7-15/h14H,2-13H2,1H3. The van der Waals surface area contributed by atoms with Crippen molar-refractivity contribution in [1.29, 1.82) is 0 Å². The first-order valence-electron chi connectivity index (χ1n) is 8.01. The van der Waals surface area contributed by atoms with Gasteiger partial charge in [-0.15, -0.1) is 0 Å². The maximum absolute atomic E-state index is 12.6. The summed E-state index contributed by atoms with van der Waals surface area (Å²) in [6.07, 6.45) is 2.65. The maximum Gasteiger partial charge on any atom is 0.214 e. The Morgan fingerprint density at radius 1 is 1.24 bits per heavy atom. The highest BCUT2D eigenvalue weighted by Crippen LogP contribution is 2.21. The summed E-state index contributed by atoms with van der Waals surface area (Å²) in [6, 6.07) is 0.123. The summed E-state index contributed by atoms with van der Waals surface area (Å²) in [5.41, 5.74) is 0. The number of morpholine rings is 1. The van der Waals surface area contributed by atoms with Crippen LogP contribution in [-0.2, 0) is 14.8 Å². The smallest absolute Gasteiger partial charge is 0.214 e. The Kier molecular flexibility index (Phi) is 7.28. The van der Waals surface area contributed by atoms with Gasteiger partial charge in [0.15, 0.2) is 0 Å². The van der Waals surface area contributed by atoms with Gasteiger partial charge in [0.05, 0.1) is 19.0 Å². The average Bonchev–Trinajstić information content (AvgIpc) is 2.72. The predicted molar refractivity (Wildman–Crippen MR) is 88.4 cm³/mol. The molecule has 0 saturated carbocycles. The molecule has 21 heavy (non-hydrogen) atoms. The normalized spacial score (nSPS) is 26.6. The predicted octanol–water partition coefficient (Wildman–Crippen LogP) is 1.26. The first-order chi connectivity index (χ1) is 10.1. The van der Waals surface area contributed by atoms with Gasteiger partial charge in [0.1, 0.15) is 0 Å². The molecular formula is C14H28N2O3S2. The van der Waals surface area contributed by atoms with Crippen LogP contribution in [0.3, 0.4) is 0 Å². The highest BCUT2D eigenvalue weighted by molar-refractivity contribution is 7.99. The molecule has 0 aromatic carbocycles. The van der Waals surface area contributed by atoms with Crippen molar-refractivity contribution in [2.24, 2.45) is 0 Å². The molecule has 1 atom stereocenters. The molecule has 2 heterocycles. The SMILES string of the molecule is CCCCS(=O)(=O)N1CCCSCC1CN1CCOCC1. The van der Waals surface area contributed by atoms with Crippen molar-refractivity contribution in [1.82, 2.24) is 9.21 Å². The molecule has 0 bridgehead atoms. The molecule has 0 radical (unpaired) electrons. The van der Waals surface area contributed by atoms with E-state index in [2.05, 4.69) is 4.90 Å². The Hall–Kier alpha value is 0.180. The minimum atomic E-state index is -3.11. The number of ether oxygens (including phenoxy) is 1. The van der Waals surface area contributed by atoms with Crippen molar-refractivity contribution in [3.8, 4) is 0 Å². The van der Waals surface area contributed by atoms with Crippen molar-refractivity contribution in [2.75, 3.05) is 56.7 Å². The van der Waals surface area contributed by atoms with Crippen LogP contribution in [0.25, 0.3) is 0 Å². The Morgan fingerprint density at radius 2 is 2.00 bits per heavy atom. The van der Waals surface area contributed by atoms with Gasteiger partial charge < -0.3 is 4.74 Å². The second-order valence-corrected chi connectivity index (χ2v) is 8.97. The second kappa shape index (κ2) is 8.72.